The molecule has 33 heavy (non-hydrogen) atoms. The molecular weight excluding hydrogens is 453 g/mol. The zero-order valence-corrected chi connectivity index (χ0v) is 19.6. The third-order valence-electron chi connectivity index (χ3n) is 4.84. The number of benzene rings is 2. The molecule has 3 amide bonds. The van der Waals surface area contributed by atoms with E-state index >= 15 is 0 Å². The summed E-state index contributed by atoms with van der Waals surface area (Å²) in [5.74, 6) is -2.96. The monoisotopic (exact) mass is 479 g/mol. The molecule has 2 aromatic rings. The number of sulfonamides is 1. The molecule has 178 valence electrons. The van der Waals surface area contributed by atoms with Crippen LogP contribution in [-0.2, 0) is 19.6 Å². The Morgan fingerprint density at radius 1 is 1.00 bits per heavy atom. The highest BCUT2D eigenvalue weighted by atomic mass is 32.2. The van der Waals surface area contributed by atoms with E-state index in [9.17, 15) is 27.2 Å². The first-order valence-electron chi connectivity index (χ1n) is 10.1. The van der Waals surface area contributed by atoms with Crippen LogP contribution in [-0.4, -0.2) is 50.3 Å². The molecule has 11 heteroatoms. The Morgan fingerprint density at radius 2 is 1.67 bits per heavy atom. The first-order valence-corrected chi connectivity index (χ1v) is 11.6. The Morgan fingerprint density at radius 3 is 2.27 bits per heavy atom. The fourth-order valence-electron chi connectivity index (χ4n) is 2.89. The van der Waals surface area contributed by atoms with Crippen molar-refractivity contribution < 1.29 is 31.9 Å². The van der Waals surface area contributed by atoms with E-state index in [2.05, 4.69) is 5.32 Å². The van der Waals surface area contributed by atoms with Crippen LogP contribution in [0.1, 0.15) is 35.3 Å². The SMILES string of the molecule is CCN(CC)S(=O)(=O)c1cc(C(=O)OCC(=O)NC(=O)Nc2ccc(C)c(C)c2)ccc1F. The number of esters is 1. The van der Waals surface area contributed by atoms with Gasteiger partial charge in [0.1, 0.15) is 10.7 Å². The zero-order chi connectivity index (χ0) is 24.8. The highest BCUT2D eigenvalue weighted by Gasteiger charge is 2.27. The summed E-state index contributed by atoms with van der Waals surface area (Å²) in [4.78, 5) is 35.5. The molecular formula is C22H26FN3O6S. The van der Waals surface area contributed by atoms with Crippen LogP contribution in [0.3, 0.4) is 0 Å². The van der Waals surface area contributed by atoms with Gasteiger partial charge in [-0.3, -0.25) is 10.1 Å². The number of carbonyl (C=O) groups is 3. The second-order valence-electron chi connectivity index (χ2n) is 7.11. The lowest BCUT2D eigenvalue weighted by Crippen LogP contribution is -2.37. The molecule has 0 saturated carbocycles. The maximum absolute atomic E-state index is 14.2. The Kier molecular flexibility index (Phi) is 8.66. The van der Waals surface area contributed by atoms with E-state index in [1.54, 1.807) is 26.0 Å². The number of urea groups is 1. The lowest BCUT2D eigenvalue weighted by Gasteiger charge is -2.19. The molecule has 2 aromatic carbocycles. The molecule has 9 nitrogen and oxygen atoms in total. The van der Waals surface area contributed by atoms with Gasteiger partial charge in [0.2, 0.25) is 10.0 Å². The Hall–Kier alpha value is -3.31. The van der Waals surface area contributed by atoms with Crippen molar-refractivity contribution >= 4 is 33.6 Å². The van der Waals surface area contributed by atoms with Gasteiger partial charge < -0.3 is 10.1 Å². The molecule has 0 heterocycles. The second kappa shape index (κ2) is 11.0. The van der Waals surface area contributed by atoms with Crippen LogP contribution < -0.4 is 10.6 Å². The molecule has 0 bridgehead atoms. The van der Waals surface area contributed by atoms with Crippen LogP contribution in [0.2, 0.25) is 0 Å². The average Bonchev–Trinajstić information content (AvgIpc) is 2.75. The van der Waals surface area contributed by atoms with Crippen molar-refractivity contribution in [3.8, 4) is 0 Å². The highest BCUT2D eigenvalue weighted by molar-refractivity contribution is 7.89. The minimum absolute atomic E-state index is 0.122. The number of aryl methyl sites for hydroxylation is 2. The molecule has 0 aliphatic rings. The van der Waals surface area contributed by atoms with Crippen LogP contribution in [0, 0.1) is 19.7 Å². The number of rotatable bonds is 8. The molecule has 0 aromatic heterocycles. The number of hydrogen-bond acceptors (Lipinski definition) is 6. The average molecular weight is 480 g/mol. The van der Waals surface area contributed by atoms with Gasteiger partial charge in [-0.05, 0) is 55.3 Å². The van der Waals surface area contributed by atoms with E-state index in [1.165, 1.54) is 0 Å². The van der Waals surface area contributed by atoms with Gasteiger partial charge in [0.15, 0.2) is 6.61 Å². The fraction of sp³-hybridized carbons (Fsp3) is 0.318. The summed E-state index contributed by atoms with van der Waals surface area (Å²) < 4.78 is 45.2. The van der Waals surface area contributed by atoms with E-state index in [0.717, 1.165) is 33.6 Å². The number of imide groups is 1. The number of ether oxygens (including phenoxy) is 1. The molecule has 0 aliphatic heterocycles. The van der Waals surface area contributed by atoms with Gasteiger partial charge in [0.05, 0.1) is 5.56 Å². The molecule has 0 atom stereocenters. The van der Waals surface area contributed by atoms with E-state index in [1.807, 2.05) is 25.2 Å². The predicted molar refractivity (Wildman–Crippen MR) is 120 cm³/mol. The zero-order valence-electron chi connectivity index (χ0n) is 18.8. The summed E-state index contributed by atoms with van der Waals surface area (Å²) in [6.07, 6.45) is 0. The van der Waals surface area contributed by atoms with Crippen molar-refractivity contribution in [3.63, 3.8) is 0 Å². The van der Waals surface area contributed by atoms with Gasteiger partial charge in [0, 0.05) is 18.8 Å². The Bertz CT molecular complexity index is 1160. The summed E-state index contributed by atoms with van der Waals surface area (Å²) in [5.41, 5.74) is 2.22. The van der Waals surface area contributed by atoms with Gasteiger partial charge in [0.25, 0.3) is 5.91 Å². The van der Waals surface area contributed by atoms with Crippen LogP contribution in [0.25, 0.3) is 0 Å². The minimum atomic E-state index is -4.15. The largest absolute Gasteiger partial charge is 0.452 e. The number of anilines is 1. The van der Waals surface area contributed by atoms with Gasteiger partial charge in [-0.1, -0.05) is 19.9 Å². The first-order chi connectivity index (χ1) is 15.5. The summed E-state index contributed by atoms with van der Waals surface area (Å²) in [6.45, 7) is 6.44. The van der Waals surface area contributed by atoms with Crippen molar-refractivity contribution in [3.05, 3.63) is 58.9 Å². The summed E-state index contributed by atoms with van der Waals surface area (Å²) in [7, 11) is -4.15. The molecule has 2 N–H and O–H groups in total. The van der Waals surface area contributed by atoms with E-state index in [0.29, 0.717) is 5.69 Å². The number of hydrogen-bond donors (Lipinski definition) is 2. The van der Waals surface area contributed by atoms with Crippen LogP contribution >= 0.6 is 0 Å². The van der Waals surface area contributed by atoms with Crippen molar-refractivity contribution in [2.24, 2.45) is 0 Å². The summed E-state index contributed by atoms with van der Waals surface area (Å²) in [6, 6.07) is 7.14. The van der Waals surface area contributed by atoms with Gasteiger partial charge in [-0.25, -0.2) is 22.4 Å². The second-order valence-corrected chi connectivity index (χ2v) is 9.02. The maximum atomic E-state index is 14.2. The first kappa shape index (κ1) is 25.9. The maximum Gasteiger partial charge on any atom is 0.338 e. The van der Waals surface area contributed by atoms with E-state index in [4.69, 9.17) is 4.74 Å². The fourth-order valence-corrected chi connectivity index (χ4v) is 4.44. The summed E-state index contributed by atoms with van der Waals surface area (Å²) in [5, 5.41) is 4.50. The normalized spacial score (nSPS) is 11.2. The van der Waals surface area contributed by atoms with Gasteiger partial charge in [-0.2, -0.15) is 4.31 Å². The lowest BCUT2D eigenvalue weighted by atomic mass is 10.1. The van der Waals surface area contributed by atoms with Crippen molar-refractivity contribution in [1.29, 1.82) is 0 Å². The van der Waals surface area contributed by atoms with Crippen LogP contribution in [0.15, 0.2) is 41.3 Å². The van der Waals surface area contributed by atoms with E-state index < -0.39 is 45.3 Å². The number of carbonyl (C=O) groups excluding carboxylic acids is 3. The lowest BCUT2D eigenvalue weighted by molar-refractivity contribution is -0.123. The molecule has 0 saturated heterocycles. The number of amides is 3. The van der Waals surface area contributed by atoms with Crippen molar-refractivity contribution in [2.75, 3.05) is 25.0 Å². The highest BCUT2D eigenvalue weighted by Crippen LogP contribution is 2.21. The molecule has 2 rings (SSSR count). The molecule has 0 unspecified atom stereocenters. The standard InChI is InChI=1S/C22H26FN3O6S/c1-5-26(6-2)33(30,31)19-12-16(8-10-18(19)23)21(28)32-13-20(27)25-22(29)24-17-9-7-14(3)15(4)11-17/h7-12H,5-6,13H2,1-4H3,(H2,24,25,27,29). The third kappa shape index (κ3) is 6.59. The topological polar surface area (TPSA) is 122 Å². The van der Waals surface area contributed by atoms with Crippen molar-refractivity contribution in [1.82, 2.24) is 9.62 Å². The molecule has 0 spiro atoms. The number of nitrogens with zero attached hydrogens (tertiary/aromatic N) is 1. The Labute approximate surface area is 192 Å². The summed E-state index contributed by atoms with van der Waals surface area (Å²) >= 11 is 0. The van der Waals surface area contributed by atoms with Gasteiger partial charge >= 0.3 is 12.0 Å². The van der Waals surface area contributed by atoms with Crippen molar-refractivity contribution in [2.45, 2.75) is 32.6 Å². The molecule has 0 fully saturated rings. The molecule has 0 aliphatic carbocycles. The third-order valence-corrected chi connectivity index (χ3v) is 6.91. The van der Waals surface area contributed by atoms with Gasteiger partial charge in [-0.15, -0.1) is 0 Å². The van der Waals surface area contributed by atoms with Crippen LogP contribution in [0.4, 0.5) is 14.9 Å². The smallest absolute Gasteiger partial charge is 0.338 e. The molecule has 0 radical (unpaired) electrons. The van der Waals surface area contributed by atoms with Crippen LogP contribution in [0.5, 0.6) is 0 Å². The predicted octanol–water partition coefficient (Wildman–Crippen LogP) is 2.98. The van der Waals surface area contributed by atoms with E-state index in [-0.39, 0.29) is 18.7 Å². The number of nitrogens with one attached hydrogen (secondary N) is 2. The minimum Gasteiger partial charge on any atom is -0.452 e. The quantitative estimate of drug-likeness (QED) is 0.562. The number of halogens is 1. The Balaban J connectivity index is 2.00.